The van der Waals surface area contributed by atoms with Crippen molar-refractivity contribution in [2.24, 2.45) is 7.05 Å². The van der Waals surface area contributed by atoms with Gasteiger partial charge in [0.1, 0.15) is 0 Å². The first-order valence-corrected chi connectivity index (χ1v) is 7.54. The van der Waals surface area contributed by atoms with E-state index in [1.807, 2.05) is 39.8 Å². The van der Waals surface area contributed by atoms with E-state index in [2.05, 4.69) is 4.98 Å². The van der Waals surface area contributed by atoms with Crippen LogP contribution in [0.15, 0.2) is 29.3 Å². The van der Waals surface area contributed by atoms with Crippen LogP contribution in [0.5, 0.6) is 0 Å². The molecule has 3 rings (SSSR count). The SMILES string of the molecule is Cn1cnc2cc(B3OC(C)(C)C(C)(C)O3)ccc2c1=O.O[B]O. The number of nitrogens with zero attached hydrogens (tertiary/aromatic N) is 2. The molecule has 1 aliphatic heterocycles. The molecule has 0 aliphatic carbocycles. The maximum Gasteiger partial charge on any atom is 0.494 e. The monoisotopic (exact) mass is 331 g/mol. The number of fused-ring (bicyclic) bond motifs is 1. The van der Waals surface area contributed by atoms with Crippen molar-refractivity contribution < 1.29 is 19.4 Å². The molecule has 1 fully saturated rings. The van der Waals surface area contributed by atoms with E-state index < -0.39 is 7.12 Å². The van der Waals surface area contributed by atoms with Gasteiger partial charge in [-0.1, -0.05) is 6.07 Å². The minimum Gasteiger partial charge on any atom is -0.429 e. The van der Waals surface area contributed by atoms with Crippen molar-refractivity contribution in [1.29, 1.82) is 0 Å². The third kappa shape index (κ3) is 3.39. The van der Waals surface area contributed by atoms with Gasteiger partial charge in [-0.2, -0.15) is 0 Å². The van der Waals surface area contributed by atoms with Gasteiger partial charge in [-0.3, -0.25) is 4.79 Å². The van der Waals surface area contributed by atoms with E-state index in [0.29, 0.717) is 10.9 Å². The molecule has 1 aromatic carbocycles. The number of aryl methyl sites for hydroxylation is 1. The van der Waals surface area contributed by atoms with Crippen LogP contribution >= 0.6 is 0 Å². The smallest absolute Gasteiger partial charge is 0.429 e. The number of hydrogen-bond acceptors (Lipinski definition) is 6. The van der Waals surface area contributed by atoms with Gasteiger partial charge in [0, 0.05) is 7.05 Å². The van der Waals surface area contributed by atoms with E-state index in [1.54, 1.807) is 13.1 Å². The maximum atomic E-state index is 12.0. The van der Waals surface area contributed by atoms with Crippen molar-refractivity contribution in [3.05, 3.63) is 34.9 Å². The van der Waals surface area contributed by atoms with E-state index >= 15 is 0 Å². The molecule has 0 atom stereocenters. The Hall–Kier alpha value is -1.67. The first-order valence-electron chi connectivity index (χ1n) is 7.54. The molecule has 9 heteroatoms. The van der Waals surface area contributed by atoms with Crippen molar-refractivity contribution in [2.75, 3.05) is 0 Å². The molecule has 127 valence electrons. The lowest BCUT2D eigenvalue weighted by Crippen LogP contribution is -2.41. The lowest BCUT2D eigenvalue weighted by Gasteiger charge is -2.32. The molecule has 1 radical (unpaired) electrons. The van der Waals surface area contributed by atoms with Gasteiger partial charge in [0.15, 0.2) is 0 Å². The van der Waals surface area contributed by atoms with Gasteiger partial charge < -0.3 is 23.9 Å². The summed E-state index contributed by atoms with van der Waals surface area (Å²) < 4.78 is 13.5. The number of rotatable bonds is 1. The Morgan fingerprint density at radius 2 is 1.71 bits per heavy atom. The zero-order valence-corrected chi connectivity index (χ0v) is 14.5. The van der Waals surface area contributed by atoms with E-state index in [0.717, 1.165) is 5.46 Å². The molecular weight excluding hydrogens is 310 g/mol. The summed E-state index contributed by atoms with van der Waals surface area (Å²) in [6, 6.07) is 5.51. The van der Waals surface area contributed by atoms with Crippen LogP contribution in [0.1, 0.15) is 27.7 Å². The molecule has 24 heavy (non-hydrogen) atoms. The van der Waals surface area contributed by atoms with E-state index in [9.17, 15) is 4.79 Å². The molecule has 0 unspecified atom stereocenters. The van der Waals surface area contributed by atoms with Crippen molar-refractivity contribution in [2.45, 2.75) is 38.9 Å². The fourth-order valence-electron chi connectivity index (χ4n) is 2.35. The average molecular weight is 331 g/mol. The third-order valence-electron chi connectivity index (χ3n) is 4.47. The molecular formula is C15H21B2N2O5. The molecule has 1 aromatic heterocycles. The van der Waals surface area contributed by atoms with Crippen LogP contribution in [0, 0.1) is 0 Å². The lowest BCUT2D eigenvalue weighted by atomic mass is 9.79. The van der Waals surface area contributed by atoms with Gasteiger partial charge in [0.25, 0.3) is 5.56 Å². The Balaban J connectivity index is 0.000000647. The van der Waals surface area contributed by atoms with Crippen LogP contribution in [0.25, 0.3) is 10.9 Å². The summed E-state index contributed by atoms with van der Waals surface area (Å²) in [6.07, 6.45) is 1.53. The maximum absolute atomic E-state index is 12.0. The summed E-state index contributed by atoms with van der Waals surface area (Å²) in [5.41, 5.74) is 0.715. The average Bonchev–Trinajstić information content (AvgIpc) is 2.72. The van der Waals surface area contributed by atoms with Gasteiger partial charge in [0.2, 0.25) is 0 Å². The van der Waals surface area contributed by atoms with Gasteiger partial charge in [0.05, 0.1) is 28.4 Å². The molecule has 0 bridgehead atoms. The molecule has 7 nitrogen and oxygen atoms in total. The molecule has 2 N–H and O–H groups in total. The highest BCUT2D eigenvalue weighted by Gasteiger charge is 2.51. The highest BCUT2D eigenvalue weighted by molar-refractivity contribution is 6.62. The Labute approximate surface area is 141 Å². The second-order valence-corrected chi connectivity index (χ2v) is 6.64. The quantitative estimate of drug-likeness (QED) is 0.700. The first-order chi connectivity index (χ1) is 11.1. The highest BCUT2D eigenvalue weighted by atomic mass is 16.7. The van der Waals surface area contributed by atoms with Crippen molar-refractivity contribution in [3.8, 4) is 0 Å². The summed E-state index contributed by atoms with van der Waals surface area (Å²) >= 11 is 0. The number of hydrogen-bond donors (Lipinski definition) is 2. The molecule has 0 amide bonds. The Bertz CT molecular complexity index is 775. The van der Waals surface area contributed by atoms with Gasteiger partial charge in [-0.15, -0.1) is 0 Å². The molecule has 1 saturated heterocycles. The summed E-state index contributed by atoms with van der Waals surface area (Å²) in [5, 5.41) is 14.6. The first kappa shape index (κ1) is 18.7. The van der Waals surface area contributed by atoms with Crippen LogP contribution in [0.3, 0.4) is 0 Å². The van der Waals surface area contributed by atoms with Crippen LogP contribution < -0.4 is 11.0 Å². The predicted octanol–water partition coefficient (Wildman–Crippen LogP) is -0.262. The Morgan fingerprint density at radius 1 is 1.17 bits per heavy atom. The van der Waals surface area contributed by atoms with Crippen LogP contribution in [0.2, 0.25) is 0 Å². The van der Waals surface area contributed by atoms with Crippen molar-refractivity contribution in [3.63, 3.8) is 0 Å². The van der Waals surface area contributed by atoms with E-state index in [-0.39, 0.29) is 24.4 Å². The topological polar surface area (TPSA) is 93.8 Å². The highest BCUT2D eigenvalue weighted by Crippen LogP contribution is 2.36. The second-order valence-electron chi connectivity index (χ2n) is 6.64. The molecule has 2 aromatic rings. The summed E-state index contributed by atoms with van der Waals surface area (Å²) in [7, 11) is 1.25. The minimum absolute atomic E-state index is 0. The third-order valence-corrected chi connectivity index (χ3v) is 4.47. The second kappa shape index (κ2) is 6.68. The lowest BCUT2D eigenvalue weighted by molar-refractivity contribution is 0.00578. The zero-order valence-electron chi connectivity index (χ0n) is 14.5. The van der Waals surface area contributed by atoms with Crippen LogP contribution in [-0.4, -0.2) is 45.6 Å². The van der Waals surface area contributed by atoms with Crippen molar-refractivity contribution >= 4 is 31.2 Å². The Morgan fingerprint density at radius 3 is 2.25 bits per heavy atom. The summed E-state index contributed by atoms with van der Waals surface area (Å²) in [5.74, 6) is 0. The van der Waals surface area contributed by atoms with Gasteiger partial charge in [-0.25, -0.2) is 4.98 Å². The Kier molecular flexibility index (Phi) is 5.19. The minimum atomic E-state index is -0.440. The molecule has 1 aliphatic rings. The van der Waals surface area contributed by atoms with Crippen molar-refractivity contribution in [1.82, 2.24) is 9.55 Å². The van der Waals surface area contributed by atoms with E-state index in [4.69, 9.17) is 19.4 Å². The molecule has 2 heterocycles. The fourth-order valence-corrected chi connectivity index (χ4v) is 2.35. The summed E-state index contributed by atoms with van der Waals surface area (Å²) in [6.45, 7) is 8.06. The molecule has 0 spiro atoms. The standard InChI is InChI=1S/C15H19BN2O3.BH2O2/c1-14(2)15(3,4)21-16(20-14)10-6-7-11-12(8-10)17-9-18(5)13(11)19;2-1-3/h6-9H,1-5H3;2-3H. The fraction of sp³-hybridized carbons (Fsp3) is 0.467. The van der Waals surface area contributed by atoms with Crippen LogP contribution in [0.4, 0.5) is 0 Å². The van der Waals surface area contributed by atoms with Crippen LogP contribution in [-0.2, 0) is 16.4 Å². The zero-order chi connectivity index (χ0) is 18.1. The van der Waals surface area contributed by atoms with Gasteiger partial charge in [-0.05, 0) is 45.3 Å². The number of aromatic nitrogens is 2. The van der Waals surface area contributed by atoms with Gasteiger partial charge >= 0.3 is 14.8 Å². The largest absolute Gasteiger partial charge is 0.494 e. The summed E-state index contributed by atoms with van der Waals surface area (Å²) in [4.78, 5) is 16.3. The number of benzene rings is 1. The van der Waals surface area contributed by atoms with E-state index in [1.165, 1.54) is 10.9 Å². The molecule has 0 saturated carbocycles. The normalized spacial score (nSPS) is 18.2. The predicted molar refractivity (Wildman–Crippen MR) is 92.9 cm³/mol.